The third kappa shape index (κ3) is 2.23. The van der Waals surface area contributed by atoms with Gasteiger partial charge in [-0.25, -0.2) is 9.78 Å². The molecule has 5 heteroatoms. The van der Waals surface area contributed by atoms with Gasteiger partial charge in [0.15, 0.2) is 0 Å². The molecule has 0 aliphatic heterocycles. The average molecular weight is 241 g/mol. The summed E-state index contributed by atoms with van der Waals surface area (Å²) in [6, 6.07) is 8.99. The Morgan fingerprint density at radius 3 is 2.78 bits per heavy atom. The maximum atomic E-state index is 11.3. The van der Waals surface area contributed by atoms with E-state index in [1.165, 1.54) is 7.11 Å². The molecule has 0 N–H and O–H groups in total. The second kappa shape index (κ2) is 5.15. The minimum Gasteiger partial charge on any atom is -0.465 e. The number of hydrogen-bond acceptors (Lipinski definition) is 4. The predicted octanol–water partition coefficient (Wildman–Crippen LogP) is 1.72. The molecule has 1 aromatic carbocycles. The molecule has 0 saturated carbocycles. The Bertz CT molecular complexity index is 593. The van der Waals surface area contributed by atoms with E-state index >= 15 is 0 Å². The van der Waals surface area contributed by atoms with Gasteiger partial charge >= 0.3 is 5.97 Å². The number of imidazole rings is 1. The van der Waals surface area contributed by atoms with E-state index in [4.69, 9.17) is 5.26 Å². The van der Waals surface area contributed by atoms with Crippen molar-refractivity contribution in [1.82, 2.24) is 9.55 Å². The molecule has 1 aromatic heterocycles. The van der Waals surface area contributed by atoms with Gasteiger partial charge in [-0.2, -0.15) is 5.26 Å². The molecule has 0 atom stereocenters. The number of benzene rings is 1. The molecule has 5 nitrogen and oxygen atoms in total. The molecule has 0 aliphatic rings. The summed E-state index contributed by atoms with van der Waals surface area (Å²) in [5.41, 5.74) is 1.34. The predicted molar refractivity (Wildman–Crippen MR) is 64.2 cm³/mol. The van der Waals surface area contributed by atoms with Crippen LogP contribution in [0.15, 0.2) is 36.7 Å². The SMILES string of the molecule is COC(=O)c1ccc(-n2ccnc2CC#N)cc1. The zero-order valence-corrected chi connectivity index (χ0v) is 9.83. The molecule has 0 bridgehead atoms. The van der Waals surface area contributed by atoms with Crippen molar-refractivity contribution in [1.29, 1.82) is 5.26 Å². The molecule has 0 amide bonds. The van der Waals surface area contributed by atoms with E-state index in [1.54, 1.807) is 36.7 Å². The minimum atomic E-state index is -0.371. The van der Waals surface area contributed by atoms with Gasteiger partial charge in [0.05, 0.1) is 25.2 Å². The van der Waals surface area contributed by atoms with Gasteiger partial charge in [-0.1, -0.05) is 0 Å². The summed E-state index contributed by atoms with van der Waals surface area (Å²) in [6.45, 7) is 0. The van der Waals surface area contributed by atoms with E-state index in [1.807, 2.05) is 4.57 Å². The molecule has 2 rings (SSSR count). The Morgan fingerprint density at radius 1 is 1.44 bits per heavy atom. The Hall–Kier alpha value is -2.61. The van der Waals surface area contributed by atoms with Gasteiger partial charge in [0.25, 0.3) is 0 Å². The normalized spacial score (nSPS) is 9.78. The van der Waals surface area contributed by atoms with E-state index in [0.29, 0.717) is 11.4 Å². The van der Waals surface area contributed by atoms with Crippen molar-refractivity contribution in [3.8, 4) is 11.8 Å². The first kappa shape index (κ1) is 11.9. The lowest BCUT2D eigenvalue weighted by Crippen LogP contribution is -2.03. The van der Waals surface area contributed by atoms with Crippen molar-refractivity contribution in [3.63, 3.8) is 0 Å². The molecular weight excluding hydrogens is 230 g/mol. The lowest BCUT2D eigenvalue weighted by Gasteiger charge is -2.06. The van der Waals surface area contributed by atoms with Crippen molar-refractivity contribution in [2.45, 2.75) is 6.42 Å². The van der Waals surface area contributed by atoms with Crippen molar-refractivity contribution in [2.75, 3.05) is 7.11 Å². The highest BCUT2D eigenvalue weighted by atomic mass is 16.5. The van der Waals surface area contributed by atoms with Crippen LogP contribution in [0, 0.1) is 11.3 Å². The number of esters is 1. The Kier molecular flexibility index (Phi) is 3.39. The van der Waals surface area contributed by atoms with Crippen LogP contribution in [0.3, 0.4) is 0 Å². The molecule has 0 fully saturated rings. The fraction of sp³-hybridized carbons (Fsp3) is 0.154. The van der Waals surface area contributed by atoms with Crippen molar-refractivity contribution >= 4 is 5.97 Å². The minimum absolute atomic E-state index is 0.242. The zero-order chi connectivity index (χ0) is 13.0. The lowest BCUT2D eigenvalue weighted by molar-refractivity contribution is 0.0601. The van der Waals surface area contributed by atoms with Gasteiger partial charge in [0.1, 0.15) is 5.82 Å². The third-order valence-electron chi connectivity index (χ3n) is 2.52. The highest BCUT2D eigenvalue weighted by molar-refractivity contribution is 5.89. The number of nitrogens with zero attached hydrogens (tertiary/aromatic N) is 3. The number of ether oxygens (including phenoxy) is 1. The number of methoxy groups -OCH3 is 1. The quantitative estimate of drug-likeness (QED) is 0.767. The third-order valence-corrected chi connectivity index (χ3v) is 2.52. The number of nitriles is 1. The Morgan fingerprint density at radius 2 is 2.17 bits per heavy atom. The second-order valence-electron chi connectivity index (χ2n) is 3.59. The summed E-state index contributed by atoms with van der Waals surface area (Å²) < 4.78 is 6.44. The molecule has 90 valence electrons. The first-order chi connectivity index (χ1) is 8.76. The van der Waals surface area contributed by atoms with Crippen LogP contribution in [0.2, 0.25) is 0 Å². The number of rotatable bonds is 3. The van der Waals surface area contributed by atoms with Crippen LogP contribution in [0.5, 0.6) is 0 Å². The Labute approximate surface area is 104 Å². The molecule has 0 radical (unpaired) electrons. The van der Waals surface area contributed by atoms with Gasteiger partial charge in [0.2, 0.25) is 0 Å². The van der Waals surface area contributed by atoms with Crippen LogP contribution >= 0.6 is 0 Å². The summed E-state index contributed by atoms with van der Waals surface area (Å²) in [6.07, 6.45) is 3.66. The summed E-state index contributed by atoms with van der Waals surface area (Å²) in [4.78, 5) is 15.4. The summed E-state index contributed by atoms with van der Waals surface area (Å²) in [5.74, 6) is 0.299. The van der Waals surface area contributed by atoms with Crippen LogP contribution in [0.1, 0.15) is 16.2 Å². The maximum absolute atomic E-state index is 11.3. The van der Waals surface area contributed by atoms with Crippen LogP contribution in [-0.2, 0) is 11.2 Å². The van der Waals surface area contributed by atoms with Crippen molar-refractivity contribution in [3.05, 3.63) is 48.0 Å². The van der Waals surface area contributed by atoms with Gasteiger partial charge in [-0.3, -0.25) is 0 Å². The fourth-order valence-corrected chi connectivity index (χ4v) is 1.65. The number of aromatic nitrogens is 2. The summed E-state index contributed by atoms with van der Waals surface area (Å²) >= 11 is 0. The highest BCUT2D eigenvalue weighted by Crippen LogP contribution is 2.13. The first-order valence-electron chi connectivity index (χ1n) is 5.34. The summed E-state index contributed by atoms with van der Waals surface area (Å²) in [7, 11) is 1.34. The van der Waals surface area contributed by atoms with Crippen LogP contribution in [0.25, 0.3) is 5.69 Å². The van der Waals surface area contributed by atoms with Gasteiger partial charge < -0.3 is 9.30 Å². The van der Waals surface area contributed by atoms with Gasteiger partial charge in [-0.05, 0) is 24.3 Å². The average Bonchev–Trinajstić information content (AvgIpc) is 2.87. The van der Waals surface area contributed by atoms with Crippen molar-refractivity contribution < 1.29 is 9.53 Å². The monoisotopic (exact) mass is 241 g/mol. The van der Waals surface area contributed by atoms with Crippen LogP contribution < -0.4 is 0 Å². The van der Waals surface area contributed by atoms with E-state index in [0.717, 1.165) is 5.69 Å². The number of hydrogen-bond donors (Lipinski definition) is 0. The number of carbonyl (C=O) groups excluding carboxylic acids is 1. The lowest BCUT2D eigenvalue weighted by atomic mass is 10.2. The molecular formula is C13H11N3O2. The van der Waals surface area contributed by atoms with Gasteiger partial charge in [0, 0.05) is 18.1 Å². The maximum Gasteiger partial charge on any atom is 0.337 e. The smallest absolute Gasteiger partial charge is 0.337 e. The fourth-order valence-electron chi connectivity index (χ4n) is 1.65. The largest absolute Gasteiger partial charge is 0.465 e. The zero-order valence-electron chi connectivity index (χ0n) is 9.83. The molecule has 0 saturated heterocycles. The Balaban J connectivity index is 2.32. The molecule has 0 unspecified atom stereocenters. The number of carbonyl (C=O) groups is 1. The molecule has 2 aromatic rings. The van der Waals surface area contributed by atoms with E-state index in [2.05, 4.69) is 15.8 Å². The van der Waals surface area contributed by atoms with E-state index < -0.39 is 0 Å². The van der Waals surface area contributed by atoms with Gasteiger partial charge in [-0.15, -0.1) is 0 Å². The molecule has 1 heterocycles. The van der Waals surface area contributed by atoms with Crippen molar-refractivity contribution in [2.24, 2.45) is 0 Å². The molecule has 0 spiro atoms. The van der Waals surface area contributed by atoms with Crippen LogP contribution in [-0.4, -0.2) is 22.6 Å². The highest BCUT2D eigenvalue weighted by Gasteiger charge is 2.07. The topological polar surface area (TPSA) is 67.9 Å². The summed E-state index contributed by atoms with van der Waals surface area (Å²) in [5, 5.41) is 8.69. The van der Waals surface area contributed by atoms with E-state index in [-0.39, 0.29) is 12.4 Å². The van der Waals surface area contributed by atoms with E-state index in [9.17, 15) is 4.79 Å². The van der Waals surface area contributed by atoms with Crippen LogP contribution in [0.4, 0.5) is 0 Å². The first-order valence-corrected chi connectivity index (χ1v) is 5.34. The molecule has 18 heavy (non-hydrogen) atoms. The second-order valence-corrected chi connectivity index (χ2v) is 3.59. The standard InChI is InChI=1S/C13H11N3O2/c1-18-13(17)10-2-4-11(5-3-10)16-9-8-15-12(16)6-7-14/h2-5,8-9H,6H2,1H3. The molecule has 0 aliphatic carbocycles.